The van der Waals surface area contributed by atoms with Gasteiger partial charge in [0.25, 0.3) is 0 Å². The highest BCUT2D eigenvalue weighted by atomic mass is 19.1. The van der Waals surface area contributed by atoms with Crippen LogP contribution < -0.4 is 10.2 Å². The molecule has 0 unspecified atom stereocenters. The number of piperidine rings is 1. The molecule has 134 valence electrons. The number of amides is 2. The number of halogens is 2. The highest BCUT2D eigenvalue weighted by Crippen LogP contribution is 2.36. The van der Waals surface area contributed by atoms with Crippen LogP contribution in [0.25, 0.3) is 0 Å². The van der Waals surface area contributed by atoms with Crippen molar-refractivity contribution in [1.29, 1.82) is 0 Å². The van der Waals surface area contributed by atoms with Crippen molar-refractivity contribution < 1.29 is 28.3 Å². The van der Waals surface area contributed by atoms with Gasteiger partial charge in [-0.1, -0.05) is 0 Å². The molecule has 1 saturated heterocycles. The number of hydrogen-bond donors (Lipinski definition) is 2. The lowest BCUT2D eigenvalue weighted by molar-refractivity contribution is -0.145. The van der Waals surface area contributed by atoms with Gasteiger partial charge in [-0.2, -0.15) is 0 Å². The van der Waals surface area contributed by atoms with Crippen LogP contribution in [0.3, 0.4) is 0 Å². The van der Waals surface area contributed by atoms with Crippen molar-refractivity contribution >= 4 is 23.5 Å². The molecule has 1 atom stereocenters. The lowest BCUT2D eigenvalue weighted by Gasteiger charge is -2.40. The van der Waals surface area contributed by atoms with E-state index in [1.54, 1.807) is 11.9 Å². The topological polar surface area (TPSA) is 86.7 Å². The van der Waals surface area contributed by atoms with Crippen molar-refractivity contribution in [3.63, 3.8) is 0 Å². The van der Waals surface area contributed by atoms with Gasteiger partial charge in [0.05, 0.1) is 11.8 Å². The van der Waals surface area contributed by atoms with Gasteiger partial charge in [-0.3, -0.25) is 19.7 Å². The third-order valence-corrected chi connectivity index (χ3v) is 5.07. The largest absolute Gasteiger partial charge is 0.481 e. The number of imide groups is 1. The Morgan fingerprint density at radius 1 is 1.24 bits per heavy atom. The Morgan fingerprint density at radius 3 is 2.36 bits per heavy atom. The van der Waals surface area contributed by atoms with E-state index < -0.39 is 41.3 Å². The van der Waals surface area contributed by atoms with E-state index >= 15 is 0 Å². The summed E-state index contributed by atoms with van der Waals surface area (Å²) in [5.74, 6) is -5.15. The molecule has 1 saturated carbocycles. The molecule has 1 aliphatic carbocycles. The minimum atomic E-state index is -1.03. The number of carboxylic acid groups (broad SMARTS) is 1. The third-order valence-electron chi connectivity index (χ3n) is 5.07. The molecule has 6 nitrogen and oxygen atoms in total. The number of anilines is 1. The predicted octanol–water partition coefficient (Wildman–Crippen LogP) is 1.78. The summed E-state index contributed by atoms with van der Waals surface area (Å²) < 4.78 is 29.0. The van der Waals surface area contributed by atoms with Gasteiger partial charge >= 0.3 is 5.97 Å². The maximum Gasteiger partial charge on any atom is 0.306 e. The number of nitrogens with zero attached hydrogens (tertiary/aromatic N) is 1. The first-order valence-electron chi connectivity index (χ1n) is 8.06. The molecule has 2 amide bonds. The van der Waals surface area contributed by atoms with Crippen LogP contribution in [0.5, 0.6) is 0 Å². The average molecular weight is 352 g/mol. The average Bonchev–Trinajstić information content (AvgIpc) is 2.46. The van der Waals surface area contributed by atoms with Crippen molar-refractivity contribution in [3.8, 4) is 0 Å². The number of rotatable bonds is 4. The Kier molecular flexibility index (Phi) is 4.45. The van der Waals surface area contributed by atoms with Crippen LogP contribution in [-0.2, 0) is 14.4 Å². The van der Waals surface area contributed by atoms with E-state index in [1.807, 2.05) is 0 Å². The smallest absolute Gasteiger partial charge is 0.306 e. The summed E-state index contributed by atoms with van der Waals surface area (Å²) in [6, 6.07) is 2.20. The van der Waals surface area contributed by atoms with E-state index in [-0.39, 0.29) is 24.4 Å². The number of nitrogens with one attached hydrogen (secondary N) is 1. The predicted molar refractivity (Wildman–Crippen MR) is 84.0 cm³/mol. The first kappa shape index (κ1) is 17.3. The monoisotopic (exact) mass is 352 g/mol. The number of hydrogen-bond acceptors (Lipinski definition) is 4. The molecule has 1 aromatic carbocycles. The molecule has 1 aliphatic heterocycles. The maximum atomic E-state index is 14.5. The summed E-state index contributed by atoms with van der Waals surface area (Å²) in [5.41, 5.74) is -0.0425. The first-order chi connectivity index (χ1) is 11.8. The molecule has 0 bridgehead atoms. The normalized spacial score (nSPS) is 26.0. The Bertz CT molecular complexity index is 723. The Labute approximate surface area is 142 Å². The number of benzene rings is 1. The maximum absolute atomic E-state index is 14.5. The van der Waals surface area contributed by atoms with Gasteiger partial charge in [-0.25, -0.2) is 8.78 Å². The second-order valence-corrected chi connectivity index (χ2v) is 6.60. The second kappa shape index (κ2) is 6.42. The highest BCUT2D eigenvalue weighted by molar-refractivity contribution is 6.01. The molecule has 0 aromatic heterocycles. The van der Waals surface area contributed by atoms with E-state index in [2.05, 4.69) is 5.32 Å². The fraction of sp³-hybridized carbons (Fsp3) is 0.471. The molecule has 25 heavy (non-hydrogen) atoms. The van der Waals surface area contributed by atoms with Crippen molar-refractivity contribution in [2.24, 2.45) is 5.92 Å². The van der Waals surface area contributed by atoms with Crippen LogP contribution in [0.1, 0.15) is 37.2 Å². The number of carbonyl (C=O) groups is 3. The second-order valence-electron chi connectivity index (χ2n) is 6.60. The number of aliphatic carboxylic acids is 1. The molecule has 8 heteroatoms. The van der Waals surface area contributed by atoms with E-state index in [9.17, 15) is 23.2 Å². The zero-order valence-corrected chi connectivity index (χ0v) is 13.6. The molecular formula is C17H18F2N2O4. The lowest BCUT2D eigenvalue weighted by atomic mass is 9.79. The van der Waals surface area contributed by atoms with Gasteiger partial charge in [-0.05, 0) is 31.4 Å². The van der Waals surface area contributed by atoms with E-state index in [0.29, 0.717) is 18.5 Å². The minimum absolute atomic E-state index is 0.0373. The standard InChI is InChI=1S/C17H18F2N2O4/c1-21(9-4-8(5-9)17(24)25)10-6-12(18)15(13(19)7-10)11-2-3-14(22)20-16(11)23/h6-9,11H,2-5H2,1H3,(H,24,25)(H,20,22,23)/t8-,9-,11-/m1/s1. The van der Waals surface area contributed by atoms with Gasteiger partial charge in [0, 0.05) is 30.8 Å². The summed E-state index contributed by atoms with van der Waals surface area (Å²) in [5, 5.41) is 11.0. The van der Waals surface area contributed by atoms with Crippen LogP contribution in [0.4, 0.5) is 14.5 Å². The van der Waals surface area contributed by atoms with Gasteiger partial charge in [0.15, 0.2) is 0 Å². The number of carbonyl (C=O) groups excluding carboxylic acids is 2. The van der Waals surface area contributed by atoms with Crippen LogP contribution in [0.2, 0.25) is 0 Å². The zero-order chi connectivity index (χ0) is 18.3. The van der Waals surface area contributed by atoms with Gasteiger partial charge < -0.3 is 10.0 Å². The van der Waals surface area contributed by atoms with Crippen LogP contribution >= 0.6 is 0 Å². The van der Waals surface area contributed by atoms with Crippen molar-refractivity contribution in [1.82, 2.24) is 5.32 Å². The molecule has 0 spiro atoms. The molecule has 3 rings (SSSR count). The summed E-state index contributed by atoms with van der Waals surface area (Å²) in [6.45, 7) is 0. The molecule has 2 fully saturated rings. The Morgan fingerprint density at radius 2 is 1.84 bits per heavy atom. The van der Waals surface area contributed by atoms with Gasteiger partial charge in [0.1, 0.15) is 11.6 Å². The summed E-state index contributed by atoms with van der Waals surface area (Å²) in [6.07, 6.45) is 0.945. The van der Waals surface area contributed by atoms with Crippen LogP contribution in [-0.4, -0.2) is 36.0 Å². The zero-order valence-electron chi connectivity index (χ0n) is 13.6. The molecule has 1 aromatic rings. The molecular weight excluding hydrogens is 334 g/mol. The van der Waals surface area contributed by atoms with Gasteiger partial charge in [0.2, 0.25) is 11.8 Å². The molecule has 0 radical (unpaired) electrons. The molecule has 2 aliphatic rings. The van der Waals surface area contributed by atoms with E-state index in [4.69, 9.17) is 5.11 Å². The summed E-state index contributed by atoms with van der Waals surface area (Å²) in [4.78, 5) is 35.6. The van der Waals surface area contributed by atoms with Crippen molar-refractivity contribution in [2.75, 3.05) is 11.9 Å². The Hall–Kier alpha value is -2.51. The quantitative estimate of drug-likeness (QED) is 0.807. The SMILES string of the molecule is CN(c1cc(F)c([C@H]2CCC(=O)NC2=O)c(F)c1)[C@H]1C[C@H](C(=O)O)C1. The van der Waals surface area contributed by atoms with Crippen LogP contribution in [0, 0.1) is 17.6 Å². The molecule has 2 N–H and O–H groups in total. The third kappa shape index (κ3) is 3.20. The fourth-order valence-electron chi connectivity index (χ4n) is 3.39. The van der Waals surface area contributed by atoms with Crippen molar-refractivity contribution in [2.45, 2.75) is 37.6 Å². The fourth-order valence-corrected chi connectivity index (χ4v) is 3.39. The summed E-state index contributed by atoms with van der Waals surface area (Å²) in [7, 11) is 1.66. The Balaban J connectivity index is 1.80. The highest BCUT2D eigenvalue weighted by Gasteiger charge is 2.38. The van der Waals surface area contributed by atoms with Crippen LogP contribution in [0.15, 0.2) is 12.1 Å². The summed E-state index contributed by atoms with van der Waals surface area (Å²) >= 11 is 0. The lowest BCUT2D eigenvalue weighted by Crippen LogP contribution is -2.45. The van der Waals surface area contributed by atoms with Gasteiger partial charge in [-0.15, -0.1) is 0 Å². The number of carboxylic acids is 1. The van der Waals surface area contributed by atoms with E-state index in [1.165, 1.54) is 0 Å². The first-order valence-corrected chi connectivity index (χ1v) is 8.06. The van der Waals surface area contributed by atoms with Crippen molar-refractivity contribution in [3.05, 3.63) is 29.3 Å². The van der Waals surface area contributed by atoms with E-state index in [0.717, 1.165) is 12.1 Å². The molecule has 1 heterocycles. The minimum Gasteiger partial charge on any atom is -0.481 e.